The Morgan fingerprint density at radius 2 is 2.20 bits per heavy atom. The summed E-state index contributed by atoms with van der Waals surface area (Å²) in [6, 6.07) is 10.4. The first kappa shape index (κ1) is 13.8. The molecular formula is C14H16N4O2. The lowest BCUT2D eigenvalue weighted by Gasteiger charge is -2.19. The van der Waals surface area contributed by atoms with E-state index in [1.165, 1.54) is 6.20 Å². The van der Waals surface area contributed by atoms with Gasteiger partial charge in [-0.1, -0.05) is 6.07 Å². The van der Waals surface area contributed by atoms with Crippen LogP contribution in [0.1, 0.15) is 16.1 Å². The monoisotopic (exact) mass is 272 g/mol. The number of nitrogens with one attached hydrogen (secondary N) is 1. The maximum Gasteiger partial charge on any atom is 0.266 e. The predicted molar refractivity (Wildman–Crippen MR) is 76.1 cm³/mol. The quantitative estimate of drug-likeness (QED) is 0.439. The fourth-order valence-corrected chi connectivity index (χ4v) is 1.80. The van der Waals surface area contributed by atoms with E-state index in [-0.39, 0.29) is 11.7 Å². The van der Waals surface area contributed by atoms with Crippen LogP contribution in [0.3, 0.4) is 0 Å². The minimum atomic E-state index is -0.370. The van der Waals surface area contributed by atoms with Crippen molar-refractivity contribution in [2.75, 3.05) is 11.9 Å². The van der Waals surface area contributed by atoms with Crippen LogP contribution in [-0.2, 0) is 6.54 Å². The lowest BCUT2D eigenvalue weighted by molar-refractivity contribution is 0.0953. The number of carbonyl (C=O) groups is 1. The molecule has 1 amide bonds. The van der Waals surface area contributed by atoms with Crippen molar-refractivity contribution >= 4 is 11.6 Å². The fraction of sp³-hybridized carbons (Fsp3) is 0.143. The van der Waals surface area contributed by atoms with E-state index < -0.39 is 0 Å². The van der Waals surface area contributed by atoms with Crippen molar-refractivity contribution in [3.63, 3.8) is 0 Å². The van der Waals surface area contributed by atoms with Gasteiger partial charge in [0.2, 0.25) is 0 Å². The first-order valence-electron chi connectivity index (χ1n) is 6.06. The highest BCUT2D eigenvalue weighted by Gasteiger charge is 2.06. The maximum absolute atomic E-state index is 11.3. The average Bonchev–Trinajstić information content (AvgIpc) is 2.47. The molecule has 1 aromatic carbocycles. The van der Waals surface area contributed by atoms with Gasteiger partial charge in [-0.3, -0.25) is 15.2 Å². The molecule has 0 aliphatic carbocycles. The van der Waals surface area contributed by atoms with E-state index in [1.807, 2.05) is 18.0 Å². The van der Waals surface area contributed by atoms with Crippen molar-refractivity contribution in [3.05, 3.63) is 53.9 Å². The lowest BCUT2D eigenvalue weighted by atomic mass is 10.2. The van der Waals surface area contributed by atoms with Crippen molar-refractivity contribution in [2.45, 2.75) is 6.54 Å². The van der Waals surface area contributed by atoms with Gasteiger partial charge in [0.25, 0.3) is 5.91 Å². The molecule has 6 heteroatoms. The smallest absolute Gasteiger partial charge is 0.266 e. The molecular weight excluding hydrogens is 256 g/mol. The normalized spacial score (nSPS) is 10.1. The van der Waals surface area contributed by atoms with Crippen LogP contribution in [0.15, 0.2) is 42.6 Å². The molecule has 1 aromatic heterocycles. The summed E-state index contributed by atoms with van der Waals surface area (Å²) in [5.41, 5.74) is 4.16. The molecule has 0 saturated carbocycles. The Kier molecular flexibility index (Phi) is 4.17. The van der Waals surface area contributed by atoms with E-state index in [0.29, 0.717) is 12.1 Å². The Hall–Kier alpha value is -2.60. The highest BCUT2D eigenvalue weighted by molar-refractivity contribution is 5.93. The molecule has 2 rings (SSSR count). The van der Waals surface area contributed by atoms with Gasteiger partial charge in [-0.2, -0.15) is 0 Å². The Morgan fingerprint density at radius 1 is 1.40 bits per heavy atom. The zero-order valence-electron chi connectivity index (χ0n) is 11.1. The van der Waals surface area contributed by atoms with Crippen LogP contribution < -0.4 is 16.2 Å². The highest BCUT2D eigenvalue weighted by atomic mass is 16.3. The standard InChI is InChI=1S/C14H16N4O2/c1-18(12-3-2-4-13(19)7-12)9-11-6-5-10(8-16-11)14(20)17-15/h2-8,19H,9,15H2,1H3,(H,17,20). The summed E-state index contributed by atoms with van der Waals surface area (Å²) in [5, 5.41) is 9.45. The molecule has 104 valence electrons. The third kappa shape index (κ3) is 3.24. The maximum atomic E-state index is 11.3. The Labute approximate surface area is 116 Å². The second-order valence-electron chi connectivity index (χ2n) is 4.39. The minimum Gasteiger partial charge on any atom is -0.508 e. The minimum absolute atomic E-state index is 0.220. The van der Waals surface area contributed by atoms with E-state index in [1.54, 1.807) is 30.3 Å². The topological polar surface area (TPSA) is 91.5 Å². The number of amides is 1. The summed E-state index contributed by atoms with van der Waals surface area (Å²) in [6.07, 6.45) is 1.48. The molecule has 0 fully saturated rings. The Bertz CT molecular complexity index is 598. The van der Waals surface area contributed by atoms with Crippen LogP contribution in [0.25, 0.3) is 0 Å². The van der Waals surface area contributed by atoms with Crippen molar-refractivity contribution in [3.8, 4) is 5.75 Å². The first-order valence-corrected chi connectivity index (χ1v) is 6.06. The molecule has 0 radical (unpaired) electrons. The number of hydrazine groups is 1. The van der Waals surface area contributed by atoms with Gasteiger partial charge in [0, 0.05) is 25.0 Å². The number of phenols is 1. The molecule has 2 aromatic rings. The number of aromatic nitrogens is 1. The number of hydrogen-bond acceptors (Lipinski definition) is 5. The summed E-state index contributed by atoms with van der Waals surface area (Å²) in [4.78, 5) is 17.5. The van der Waals surface area contributed by atoms with Crippen LogP contribution >= 0.6 is 0 Å². The zero-order valence-corrected chi connectivity index (χ0v) is 11.1. The number of nitrogens with zero attached hydrogens (tertiary/aromatic N) is 2. The number of pyridine rings is 1. The zero-order chi connectivity index (χ0) is 14.5. The first-order chi connectivity index (χ1) is 9.60. The largest absolute Gasteiger partial charge is 0.508 e. The molecule has 6 nitrogen and oxygen atoms in total. The number of hydrogen-bond donors (Lipinski definition) is 3. The van der Waals surface area contributed by atoms with E-state index in [0.717, 1.165) is 11.4 Å². The number of nitrogen functional groups attached to an aromatic ring is 1. The van der Waals surface area contributed by atoms with Crippen LogP contribution in [0.2, 0.25) is 0 Å². The van der Waals surface area contributed by atoms with Gasteiger partial charge in [0.05, 0.1) is 17.8 Å². The van der Waals surface area contributed by atoms with Crippen molar-refractivity contribution in [1.82, 2.24) is 10.4 Å². The predicted octanol–water partition coefficient (Wildman–Crippen LogP) is 1.03. The second-order valence-corrected chi connectivity index (χ2v) is 4.39. The van der Waals surface area contributed by atoms with Crippen LogP contribution in [-0.4, -0.2) is 23.0 Å². The van der Waals surface area contributed by atoms with E-state index in [9.17, 15) is 9.90 Å². The van der Waals surface area contributed by atoms with Crippen LogP contribution in [0.5, 0.6) is 5.75 Å². The third-order valence-electron chi connectivity index (χ3n) is 2.89. The number of nitrogens with two attached hydrogens (primary N) is 1. The van der Waals surface area contributed by atoms with Crippen LogP contribution in [0.4, 0.5) is 5.69 Å². The van der Waals surface area contributed by atoms with E-state index in [4.69, 9.17) is 5.84 Å². The molecule has 1 heterocycles. The molecule has 0 unspecified atom stereocenters. The number of anilines is 1. The van der Waals surface area contributed by atoms with Gasteiger partial charge in [0.1, 0.15) is 5.75 Å². The lowest BCUT2D eigenvalue weighted by Crippen LogP contribution is -2.30. The van der Waals surface area contributed by atoms with Gasteiger partial charge in [-0.05, 0) is 24.3 Å². The van der Waals surface area contributed by atoms with Gasteiger partial charge >= 0.3 is 0 Å². The van der Waals surface area contributed by atoms with Gasteiger partial charge < -0.3 is 10.0 Å². The molecule has 0 saturated heterocycles. The Morgan fingerprint density at radius 3 is 2.80 bits per heavy atom. The highest BCUT2D eigenvalue weighted by Crippen LogP contribution is 2.20. The molecule has 0 bridgehead atoms. The van der Waals surface area contributed by atoms with Crippen molar-refractivity contribution in [1.29, 1.82) is 0 Å². The number of carbonyl (C=O) groups excluding carboxylic acids is 1. The van der Waals surface area contributed by atoms with Crippen molar-refractivity contribution in [2.24, 2.45) is 5.84 Å². The summed E-state index contributed by atoms with van der Waals surface area (Å²) < 4.78 is 0. The molecule has 0 aliphatic rings. The fourth-order valence-electron chi connectivity index (χ4n) is 1.80. The number of benzene rings is 1. The summed E-state index contributed by atoms with van der Waals surface area (Å²) in [5.74, 6) is 4.90. The summed E-state index contributed by atoms with van der Waals surface area (Å²) in [7, 11) is 1.90. The van der Waals surface area contributed by atoms with Gasteiger partial charge in [0.15, 0.2) is 0 Å². The number of aromatic hydroxyl groups is 1. The van der Waals surface area contributed by atoms with Gasteiger partial charge in [-0.15, -0.1) is 0 Å². The van der Waals surface area contributed by atoms with Gasteiger partial charge in [-0.25, -0.2) is 5.84 Å². The summed E-state index contributed by atoms with van der Waals surface area (Å²) >= 11 is 0. The molecule has 0 aliphatic heterocycles. The van der Waals surface area contributed by atoms with Crippen molar-refractivity contribution < 1.29 is 9.90 Å². The third-order valence-corrected chi connectivity index (χ3v) is 2.89. The molecule has 0 atom stereocenters. The molecule has 20 heavy (non-hydrogen) atoms. The number of rotatable bonds is 4. The SMILES string of the molecule is CN(Cc1ccc(C(=O)NN)cn1)c1cccc(O)c1. The van der Waals surface area contributed by atoms with E-state index in [2.05, 4.69) is 10.4 Å². The number of phenolic OH excluding ortho intramolecular Hbond substituents is 1. The second kappa shape index (κ2) is 6.03. The summed E-state index contributed by atoms with van der Waals surface area (Å²) in [6.45, 7) is 0.563. The molecule has 4 N–H and O–H groups in total. The van der Waals surface area contributed by atoms with E-state index >= 15 is 0 Å². The average molecular weight is 272 g/mol. The van der Waals surface area contributed by atoms with Crippen LogP contribution in [0, 0.1) is 0 Å². The Balaban J connectivity index is 2.08. The molecule has 0 spiro atoms.